The summed E-state index contributed by atoms with van der Waals surface area (Å²) in [6.07, 6.45) is 0.927. The molecule has 0 amide bonds. The van der Waals surface area contributed by atoms with E-state index in [0.29, 0.717) is 16.1 Å². The van der Waals surface area contributed by atoms with E-state index in [9.17, 15) is 22.0 Å². The molecule has 4 rings (SSSR count). The van der Waals surface area contributed by atoms with Crippen molar-refractivity contribution in [1.82, 2.24) is 4.90 Å². The minimum Gasteiger partial charge on any atom is -0.465 e. The third-order valence-corrected chi connectivity index (χ3v) is 7.81. The van der Waals surface area contributed by atoms with Crippen LogP contribution >= 0.6 is 23.2 Å². The van der Waals surface area contributed by atoms with Crippen LogP contribution in [0.2, 0.25) is 10.0 Å². The first-order valence-corrected chi connectivity index (χ1v) is 14.0. The summed E-state index contributed by atoms with van der Waals surface area (Å²) in [6, 6.07) is 14.1. The molecule has 1 heterocycles. The fourth-order valence-electron chi connectivity index (χ4n) is 4.66. The Morgan fingerprint density at radius 2 is 1.49 bits per heavy atom. The van der Waals surface area contributed by atoms with E-state index in [1.807, 2.05) is 24.3 Å². The first kappa shape index (κ1) is 27.3. The van der Waals surface area contributed by atoms with Crippen molar-refractivity contribution in [1.29, 1.82) is 0 Å². The Balaban J connectivity index is 1.82. The first-order valence-electron chi connectivity index (χ1n) is 11.4. The highest BCUT2D eigenvalue weighted by atomic mass is 35.5. The van der Waals surface area contributed by atoms with Gasteiger partial charge in [-0.15, -0.1) is 0 Å². The number of anilines is 1. The molecule has 11 heteroatoms. The van der Waals surface area contributed by atoms with E-state index in [-0.39, 0.29) is 18.8 Å². The van der Waals surface area contributed by atoms with Gasteiger partial charge in [0.25, 0.3) is 0 Å². The number of nitrogens with zero attached hydrogens (tertiary/aromatic N) is 2. The Hall–Kier alpha value is -2.72. The SMILES string of the molecule is CCOC(=O)C1C(N(c2cc(F)cc(F)c2)S(C)(=O)=O)CN1C(c1ccc(Cl)cc1)c1ccc(Cl)cc1. The van der Waals surface area contributed by atoms with Crippen molar-refractivity contribution in [2.75, 3.05) is 23.7 Å². The van der Waals surface area contributed by atoms with Crippen LogP contribution in [-0.2, 0) is 19.6 Å². The van der Waals surface area contributed by atoms with Crippen molar-refractivity contribution in [3.05, 3.63) is 99.5 Å². The van der Waals surface area contributed by atoms with Gasteiger partial charge in [-0.2, -0.15) is 0 Å². The molecule has 0 aromatic heterocycles. The van der Waals surface area contributed by atoms with Gasteiger partial charge in [-0.25, -0.2) is 17.2 Å². The van der Waals surface area contributed by atoms with Gasteiger partial charge in [0.05, 0.1) is 30.6 Å². The lowest BCUT2D eigenvalue weighted by molar-refractivity contribution is -0.157. The van der Waals surface area contributed by atoms with Crippen LogP contribution < -0.4 is 4.31 Å². The Labute approximate surface area is 224 Å². The standard InChI is InChI=1S/C26H24Cl2F2N2O4S/c1-3-36-26(33)25-23(32(37(2,34)35)22-13-20(29)12-21(30)14-22)15-31(25)24(16-4-8-18(27)9-5-16)17-6-10-19(28)11-7-17/h4-14,23-25H,3,15H2,1-2H3. The molecule has 0 bridgehead atoms. The highest BCUT2D eigenvalue weighted by Crippen LogP contribution is 2.41. The summed E-state index contributed by atoms with van der Waals surface area (Å²) in [4.78, 5) is 15.0. The van der Waals surface area contributed by atoms with Crippen molar-refractivity contribution >= 4 is 44.9 Å². The fourth-order valence-corrected chi connectivity index (χ4v) is 6.08. The molecule has 2 atom stereocenters. The van der Waals surface area contributed by atoms with Crippen molar-refractivity contribution in [2.24, 2.45) is 0 Å². The van der Waals surface area contributed by atoms with Gasteiger partial charge < -0.3 is 4.74 Å². The lowest BCUT2D eigenvalue weighted by Crippen LogP contribution is -2.71. The number of rotatable bonds is 8. The Morgan fingerprint density at radius 1 is 1.00 bits per heavy atom. The number of ether oxygens (including phenoxy) is 1. The van der Waals surface area contributed by atoms with Crippen molar-refractivity contribution in [2.45, 2.75) is 25.0 Å². The number of carbonyl (C=O) groups excluding carboxylic acids is 1. The predicted molar refractivity (Wildman–Crippen MR) is 139 cm³/mol. The molecule has 1 fully saturated rings. The molecule has 0 N–H and O–H groups in total. The largest absolute Gasteiger partial charge is 0.465 e. The zero-order chi connectivity index (χ0) is 26.9. The smallest absolute Gasteiger partial charge is 0.325 e. The van der Waals surface area contributed by atoms with E-state index in [4.69, 9.17) is 27.9 Å². The van der Waals surface area contributed by atoms with Crippen LogP contribution in [0.5, 0.6) is 0 Å². The molecule has 1 saturated heterocycles. The Morgan fingerprint density at radius 3 is 1.92 bits per heavy atom. The van der Waals surface area contributed by atoms with Crippen molar-refractivity contribution < 1.29 is 26.7 Å². The molecule has 0 radical (unpaired) electrons. The van der Waals surface area contributed by atoms with Crippen LogP contribution in [0.25, 0.3) is 0 Å². The number of esters is 1. The van der Waals surface area contributed by atoms with Gasteiger partial charge in [0.2, 0.25) is 10.0 Å². The number of carbonyl (C=O) groups is 1. The molecule has 3 aromatic carbocycles. The van der Waals surface area contributed by atoms with Crippen molar-refractivity contribution in [3.63, 3.8) is 0 Å². The van der Waals surface area contributed by atoms with Gasteiger partial charge in [0, 0.05) is 22.7 Å². The highest BCUT2D eigenvalue weighted by Gasteiger charge is 2.53. The molecule has 1 aliphatic rings. The molecule has 0 saturated carbocycles. The second-order valence-electron chi connectivity index (χ2n) is 8.65. The molecule has 1 aliphatic heterocycles. The van der Waals surface area contributed by atoms with Gasteiger partial charge in [0.15, 0.2) is 0 Å². The van der Waals surface area contributed by atoms with Gasteiger partial charge in [-0.05, 0) is 54.4 Å². The number of hydrogen-bond donors (Lipinski definition) is 0. The number of benzene rings is 3. The molecule has 2 unspecified atom stereocenters. The van der Waals surface area contributed by atoms with Crippen molar-refractivity contribution in [3.8, 4) is 0 Å². The summed E-state index contributed by atoms with van der Waals surface area (Å²) in [6.45, 7) is 1.78. The summed E-state index contributed by atoms with van der Waals surface area (Å²) < 4.78 is 60.1. The summed E-state index contributed by atoms with van der Waals surface area (Å²) in [5.41, 5.74) is 1.37. The minimum absolute atomic E-state index is 0.0654. The maximum atomic E-state index is 14.1. The number of halogens is 4. The monoisotopic (exact) mass is 568 g/mol. The average molecular weight is 569 g/mol. The average Bonchev–Trinajstić information content (AvgIpc) is 2.78. The van der Waals surface area contributed by atoms with Crippen LogP contribution in [-0.4, -0.2) is 50.8 Å². The third-order valence-electron chi connectivity index (χ3n) is 6.11. The maximum absolute atomic E-state index is 14.1. The lowest BCUT2D eigenvalue weighted by Gasteiger charge is -2.53. The quantitative estimate of drug-likeness (QED) is 0.338. The van der Waals surface area contributed by atoms with Gasteiger partial charge in [0.1, 0.15) is 17.7 Å². The maximum Gasteiger partial charge on any atom is 0.325 e. The van der Waals surface area contributed by atoms with Crippen LogP contribution in [0, 0.1) is 11.6 Å². The zero-order valence-electron chi connectivity index (χ0n) is 19.9. The zero-order valence-corrected chi connectivity index (χ0v) is 22.3. The minimum atomic E-state index is -4.05. The Kier molecular flexibility index (Phi) is 8.08. The number of sulfonamides is 1. The molecule has 6 nitrogen and oxygen atoms in total. The second kappa shape index (κ2) is 10.9. The molecular formula is C26H24Cl2F2N2O4S. The van der Waals surface area contributed by atoms with E-state index in [2.05, 4.69) is 0 Å². The van der Waals surface area contributed by atoms with E-state index in [1.165, 1.54) is 0 Å². The fraction of sp³-hybridized carbons (Fsp3) is 0.269. The lowest BCUT2D eigenvalue weighted by atomic mass is 9.87. The summed E-state index contributed by atoms with van der Waals surface area (Å²) in [7, 11) is -4.05. The summed E-state index contributed by atoms with van der Waals surface area (Å²) >= 11 is 12.2. The summed E-state index contributed by atoms with van der Waals surface area (Å²) in [5, 5.41) is 1.05. The summed E-state index contributed by atoms with van der Waals surface area (Å²) in [5.74, 6) is -2.53. The number of hydrogen-bond acceptors (Lipinski definition) is 5. The molecule has 3 aromatic rings. The first-order chi connectivity index (χ1) is 17.5. The topological polar surface area (TPSA) is 66.9 Å². The third kappa shape index (κ3) is 5.90. The van der Waals surface area contributed by atoms with E-state index in [0.717, 1.165) is 33.8 Å². The van der Waals surface area contributed by atoms with Crippen LogP contribution in [0.15, 0.2) is 66.7 Å². The van der Waals surface area contributed by atoms with Gasteiger partial charge in [-0.1, -0.05) is 47.5 Å². The molecule has 196 valence electrons. The van der Waals surface area contributed by atoms with Crippen LogP contribution in [0.3, 0.4) is 0 Å². The van der Waals surface area contributed by atoms with Gasteiger partial charge in [-0.3, -0.25) is 14.0 Å². The van der Waals surface area contributed by atoms with Crippen LogP contribution in [0.4, 0.5) is 14.5 Å². The second-order valence-corrected chi connectivity index (χ2v) is 11.4. The molecule has 37 heavy (non-hydrogen) atoms. The van der Waals surface area contributed by atoms with E-state index >= 15 is 0 Å². The highest BCUT2D eigenvalue weighted by molar-refractivity contribution is 7.92. The van der Waals surface area contributed by atoms with E-state index < -0.39 is 45.8 Å². The predicted octanol–water partition coefficient (Wildman–Crippen LogP) is 5.44. The van der Waals surface area contributed by atoms with E-state index in [1.54, 1.807) is 36.1 Å². The molecule has 0 spiro atoms. The van der Waals surface area contributed by atoms with Gasteiger partial charge >= 0.3 is 5.97 Å². The normalized spacial score (nSPS) is 17.9. The number of likely N-dealkylation sites (tertiary alicyclic amines) is 1. The molecule has 0 aliphatic carbocycles. The molecular weight excluding hydrogens is 545 g/mol. The van der Waals surface area contributed by atoms with Crippen LogP contribution in [0.1, 0.15) is 24.1 Å². The Bertz CT molecular complexity index is 1320.